The minimum Gasteiger partial charge on any atom is -0.338 e. The number of carbonyl (C=O) groups excluding carboxylic acids is 2. The van der Waals surface area contributed by atoms with Crippen molar-refractivity contribution in [1.82, 2.24) is 34.1 Å². The average Bonchev–Trinajstić information content (AvgIpc) is 3.58. The third-order valence-corrected chi connectivity index (χ3v) is 7.00. The van der Waals surface area contributed by atoms with E-state index < -0.39 is 5.41 Å². The second-order valence-electron chi connectivity index (χ2n) is 9.44. The summed E-state index contributed by atoms with van der Waals surface area (Å²) in [5, 5.41) is 4.29. The summed E-state index contributed by atoms with van der Waals surface area (Å²) in [5.41, 5.74) is 1.66. The molecule has 0 N–H and O–H groups in total. The minimum atomic E-state index is -0.673. The highest BCUT2D eigenvalue weighted by Crippen LogP contribution is 2.50. The van der Waals surface area contributed by atoms with Gasteiger partial charge in [-0.05, 0) is 44.0 Å². The molecule has 2 fully saturated rings. The highest BCUT2D eigenvalue weighted by Gasteiger charge is 2.58. The van der Waals surface area contributed by atoms with Crippen molar-refractivity contribution in [3.63, 3.8) is 0 Å². The quantitative estimate of drug-likeness (QED) is 0.599. The summed E-state index contributed by atoms with van der Waals surface area (Å²) in [6.07, 6.45) is 9.81. The lowest BCUT2D eigenvalue weighted by molar-refractivity contribution is -0.136. The molecule has 0 saturated carbocycles. The molecular formula is C24H29N7O2. The van der Waals surface area contributed by atoms with Crippen LogP contribution < -0.4 is 0 Å². The third kappa shape index (κ3) is 3.71. The zero-order chi connectivity index (χ0) is 23.2. The van der Waals surface area contributed by atoms with E-state index in [-0.39, 0.29) is 23.8 Å². The number of likely N-dealkylation sites (tertiary alicyclic amines) is 2. The summed E-state index contributed by atoms with van der Waals surface area (Å²) in [6.45, 7) is 6.25. The van der Waals surface area contributed by atoms with Crippen LogP contribution in [0.1, 0.15) is 54.0 Å². The predicted molar refractivity (Wildman–Crippen MR) is 121 cm³/mol. The maximum atomic E-state index is 13.9. The molecule has 3 aromatic rings. The molecule has 2 amide bonds. The largest absolute Gasteiger partial charge is 0.338 e. The van der Waals surface area contributed by atoms with Gasteiger partial charge in [-0.15, -0.1) is 0 Å². The van der Waals surface area contributed by atoms with Crippen LogP contribution in [0.15, 0.2) is 49.3 Å². The fourth-order valence-corrected chi connectivity index (χ4v) is 5.14. The maximum Gasteiger partial charge on any atom is 0.274 e. The zero-order valence-electron chi connectivity index (χ0n) is 19.3. The van der Waals surface area contributed by atoms with Crippen molar-refractivity contribution in [3.05, 3.63) is 66.3 Å². The van der Waals surface area contributed by atoms with Gasteiger partial charge < -0.3 is 14.4 Å². The Morgan fingerprint density at radius 2 is 2.03 bits per heavy atom. The lowest BCUT2D eigenvalue weighted by Gasteiger charge is -2.27. The van der Waals surface area contributed by atoms with Crippen molar-refractivity contribution in [3.8, 4) is 0 Å². The van der Waals surface area contributed by atoms with E-state index in [1.807, 2.05) is 29.6 Å². The van der Waals surface area contributed by atoms with Gasteiger partial charge in [0.1, 0.15) is 5.69 Å². The number of hydrogen-bond donors (Lipinski definition) is 0. The number of hydrogen-bond acceptors (Lipinski definition) is 5. The Labute approximate surface area is 193 Å². The summed E-state index contributed by atoms with van der Waals surface area (Å²) in [7, 11) is 1.79. The number of aromatic nitrogens is 5. The number of aryl methyl sites for hydroxylation is 1. The van der Waals surface area contributed by atoms with E-state index >= 15 is 0 Å². The van der Waals surface area contributed by atoms with Gasteiger partial charge in [0.2, 0.25) is 5.91 Å². The fourth-order valence-electron chi connectivity index (χ4n) is 5.14. The van der Waals surface area contributed by atoms with E-state index in [1.165, 1.54) is 0 Å². The number of amides is 2. The van der Waals surface area contributed by atoms with E-state index in [9.17, 15) is 9.59 Å². The SMILES string of the molecule is CC(C)n1cnc([C@H]2CN(C(=O)c3ccn(C)n3)C[C@]23CCN(Cc2ccncc2)C3=O)c1. The van der Waals surface area contributed by atoms with E-state index in [0.29, 0.717) is 38.3 Å². The summed E-state index contributed by atoms with van der Waals surface area (Å²) in [5.74, 6) is -0.194. The molecule has 9 nitrogen and oxygen atoms in total. The Kier molecular flexibility index (Phi) is 5.26. The lowest BCUT2D eigenvalue weighted by Crippen LogP contribution is -2.40. The Bertz CT molecular complexity index is 1170. The number of imidazole rings is 1. The molecule has 0 aromatic carbocycles. The number of pyridine rings is 1. The zero-order valence-corrected chi connectivity index (χ0v) is 19.3. The first-order chi connectivity index (χ1) is 15.9. The van der Waals surface area contributed by atoms with E-state index in [1.54, 1.807) is 41.3 Å². The molecular weight excluding hydrogens is 418 g/mol. The van der Waals surface area contributed by atoms with Crippen LogP contribution in [0.2, 0.25) is 0 Å². The van der Waals surface area contributed by atoms with Crippen LogP contribution in [0.3, 0.4) is 0 Å². The molecule has 2 aliphatic rings. The van der Waals surface area contributed by atoms with Crippen LogP contribution in [0, 0.1) is 5.41 Å². The van der Waals surface area contributed by atoms with Crippen molar-refractivity contribution in [2.45, 2.75) is 38.8 Å². The van der Waals surface area contributed by atoms with Crippen molar-refractivity contribution < 1.29 is 9.59 Å². The highest BCUT2D eigenvalue weighted by atomic mass is 16.2. The molecule has 0 aliphatic carbocycles. The normalized spacial score (nSPS) is 22.8. The van der Waals surface area contributed by atoms with Crippen molar-refractivity contribution in [1.29, 1.82) is 0 Å². The van der Waals surface area contributed by atoms with Crippen LogP contribution in [0.4, 0.5) is 0 Å². The monoisotopic (exact) mass is 447 g/mol. The average molecular weight is 448 g/mol. The Hall–Kier alpha value is -3.49. The first kappa shape index (κ1) is 21.4. The van der Waals surface area contributed by atoms with Crippen molar-refractivity contribution >= 4 is 11.8 Å². The van der Waals surface area contributed by atoms with Crippen molar-refractivity contribution in [2.75, 3.05) is 19.6 Å². The standard InChI is InChI=1S/C24H29N7O2/c1-17(2)31-14-21(26-16-31)19-13-30(22(32)20-6-10-28(3)27-20)15-24(19)7-11-29(23(24)33)12-18-4-8-25-9-5-18/h4-6,8-10,14,16-17,19H,7,11-13,15H2,1-3H3/t19-,24-/m1/s1. The van der Waals surface area contributed by atoms with E-state index in [0.717, 1.165) is 11.3 Å². The maximum absolute atomic E-state index is 13.9. The second-order valence-corrected chi connectivity index (χ2v) is 9.44. The van der Waals surface area contributed by atoms with Gasteiger partial charge in [-0.3, -0.25) is 19.3 Å². The first-order valence-electron chi connectivity index (χ1n) is 11.4. The van der Waals surface area contributed by atoms with Gasteiger partial charge in [-0.1, -0.05) is 0 Å². The van der Waals surface area contributed by atoms with Gasteiger partial charge in [0.15, 0.2) is 0 Å². The molecule has 5 heterocycles. The molecule has 9 heteroatoms. The topological polar surface area (TPSA) is 89.2 Å². The Morgan fingerprint density at radius 1 is 1.24 bits per heavy atom. The van der Waals surface area contributed by atoms with Gasteiger partial charge in [0.05, 0.1) is 17.4 Å². The number of rotatable bonds is 5. The third-order valence-electron chi connectivity index (χ3n) is 7.00. The van der Waals surface area contributed by atoms with Gasteiger partial charge in [-0.25, -0.2) is 4.98 Å². The van der Waals surface area contributed by atoms with Gasteiger partial charge in [0.25, 0.3) is 5.91 Å². The molecule has 1 spiro atoms. The van der Waals surface area contributed by atoms with E-state index in [2.05, 4.69) is 33.5 Å². The van der Waals surface area contributed by atoms with E-state index in [4.69, 9.17) is 0 Å². The Morgan fingerprint density at radius 3 is 2.70 bits per heavy atom. The summed E-state index contributed by atoms with van der Waals surface area (Å²) < 4.78 is 3.68. The summed E-state index contributed by atoms with van der Waals surface area (Å²) in [6, 6.07) is 5.87. The molecule has 0 radical (unpaired) electrons. The molecule has 2 aliphatic heterocycles. The summed E-state index contributed by atoms with van der Waals surface area (Å²) >= 11 is 0. The molecule has 5 rings (SSSR count). The van der Waals surface area contributed by atoms with Gasteiger partial charge >= 0.3 is 0 Å². The second kappa shape index (κ2) is 8.13. The number of carbonyl (C=O) groups is 2. The van der Waals surface area contributed by atoms with Gasteiger partial charge in [-0.2, -0.15) is 5.10 Å². The van der Waals surface area contributed by atoms with Crippen LogP contribution in [-0.2, 0) is 18.4 Å². The Balaban J connectivity index is 1.47. The smallest absolute Gasteiger partial charge is 0.274 e. The first-order valence-corrected chi connectivity index (χ1v) is 11.4. The molecule has 2 atom stereocenters. The fraction of sp³-hybridized carbons (Fsp3) is 0.458. The molecule has 172 valence electrons. The highest BCUT2D eigenvalue weighted by molar-refractivity contribution is 5.94. The van der Waals surface area contributed by atoms with Crippen LogP contribution in [0.25, 0.3) is 0 Å². The molecule has 2 saturated heterocycles. The van der Waals surface area contributed by atoms with Gasteiger partial charge in [0, 0.05) is 70.0 Å². The number of nitrogens with zero attached hydrogens (tertiary/aromatic N) is 7. The van der Waals surface area contributed by atoms with Crippen molar-refractivity contribution in [2.24, 2.45) is 12.5 Å². The lowest BCUT2D eigenvalue weighted by atomic mass is 9.75. The molecule has 3 aromatic heterocycles. The molecule has 0 bridgehead atoms. The van der Waals surface area contributed by atoms with Crippen LogP contribution in [-0.4, -0.2) is 65.6 Å². The minimum absolute atomic E-state index is 0.0970. The summed E-state index contributed by atoms with van der Waals surface area (Å²) in [4.78, 5) is 39.6. The van der Waals surface area contributed by atoms with Crippen LogP contribution >= 0.6 is 0 Å². The predicted octanol–water partition coefficient (Wildman–Crippen LogP) is 2.25. The van der Waals surface area contributed by atoms with Crippen LogP contribution in [0.5, 0.6) is 0 Å². The molecule has 0 unspecified atom stereocenters. The molecule has 33 heavy (non-hydrogen) atoms.